The van der Waals surface area contributed by atoms with Crippen molar-refractivity contribution in [3.8, 4) is 6.07 Å². The molecule has 3 nitrogen and oxygen atoms in total. The van der Waals surface area contributed by atoms with Crippen LogP contribution in [0.4, 0.5) is 0 Å². The summed E-state index contributed by atoms with van der Waals surface area (Å²) in [5.74, 6) is -0.0323. The highest BCUT2D eigenvalue weighted by atomic mass is 79.9. The fourth-order valence-electron chi connectivity index (χ4n) is 2.01. The third-order valence-corrected chi connectivity index (χ3v) is 3.72. The van der Waals surface area contributed by atoms with Crippen LogP contribution in [0.1, 0.15) is 29.7 Å². The van der Waals surface area contributed by atoms with E-state index in [1.54, 1.807) is 12.1 Å². The molecule has 0 spiro atoms. The van der Waals surface area contributed by atoms with E-state index in [4.69, 9.17) is 5.26 Å². The first kappa shape index (κ1) is 15.3. The van der Waals surface area contributed by atoms with Crippen LogP contribution < -0.4 is 5.32 Å². The maximum absolute atomic E-state index is 12.0. The van der Waals surface area contributed by atoms with Crippen molar-refractivity contribution >= 4 is 21.8 Å². The lowest BCUT2D eigenvalue weighted by Crippen LogP contribution is -2.28. The van der Waals surface area contributed by atoms with Gasteiger partial charge in [-0.1, -0.05) is 40.2 Å². The SMILES string of the molecule is C[C@@H](NC(=O)Cc1ccc(C#N)cc1)c1ccc(Br)cc1. The second kappa shape index (κ2) is 7.05. The van der Waals surface area contributed by atoms with Gasteiger partial charge >= 0.3 is 0 Å². The minimum atomic E-state index is -0.0380. The molecule has 2 rings (SSSR count). The molecule has 2 aromatic rings. The Morgan fingerprint density at radius 2 is 1.81 bits per heavy atom. The van der Waals surface area contributed by atoms with Crippen molar-refractivity contribution in [2.75, 3.05) is 0 Å². The Morgan fingerprint density at radius 1 is 1.19 bits per heavy atom. The Bertz CT molecular complexity index is 657. The quantitative estimate of drug-likeness (QED) is 0.919. The minimum absolute atomic E-state index is 0.0323. The van der Waals surface area contributed by atoms with Crippen LogP contribution in [-0.2, 0) is 11.2 Å². The van der Waals surface area contributed by atoms with Gasteiger partial charge in [-0.2, -0.15) is 5.26 Å². The van der Waals surface area contributed by atoms with Crippen LogP contribution >= 0.6 is 15.9 Å². The molecule has 0 aliphatic rings. The number of hydrogen-bond acceptors (Lipinski definition) is 2. The highest BCUT2D eigenvalue weighted by Crippen LogP contribution is 2.16. The maximum atomic E-state index is 12.0. The number of rotatable bonds is 4. The lowest BCUT2D eigenvalue weighted by atomic mass is 10.1. The summed E-state index contributed by atoms with van der Waals surface area (Å²) in [6.07, 6.45) is 0.312. The van der Waals surface area contributed by atoms with Crippen molar-refractivity contribution in [1.29, 1.82) is 5.26 Å². The number of benzene rings is 2. The van der Waals surface area contributed by atoms with Gasteiger partial charge < -0.3 is 5.32 Å². The molecule has 0 saturated heterocycles. The molecule has 0 aliphatic carbocycles. The highest BCUT2D eigenvalue weighted by molar-refractivity contribution is 9.10. The van der Waals surface area contributed by atoms with Crippen molar-refractivity contribution in [2.24, 2.45) is 0 Å². The normalized spacial score (nSPS) is 11.5. The summed E-state index contributed by atoms with van der Waals surface area (Å²) in [5, 5.41) is 11.7. The lowest BCUT2D eigenvalue weighted by molar-refractivity contribution is -0.121. The first-order valence-corrected chi connectivity index (χ1v) is 7.41. The molecule has 0 saturated carbocycles. The maximum Gasteiger partial charge on any atom is 0.224 e. The van der Waals surface area contributed by atoms with Gasteiger partial charge in [-0.3, -0.25) is 4.79 Å². The van der Waals surface area contributed by atoms with Crippen molar-refractivity contribution in [3.05, 3.63) is 69.7 Å². The number of hydrogen-bond donors (Lipinski definition) is 1. The zero-order valence-electron chi connectivity index (χ0n) is 11.6. The standard InChI is InChI=1S/C17H15BrN2O/c1-12(15-6-8-16(18)9-7-15)20-17(21)10-13-2-4-14(11-19)5-3-13/h2-9,12H,10H2,1H3,(H,20,21)/t12-/m1/s1. The Kier molecular flexibility index (Phi) is 5.13. The zero-order chi connectivity index (χ0) is 15.2. The Balaban J connectivity index is 1.94. The van der Waals surface area contributed by atoms with E-state index >= 15 is 0 Å². The highest BCUT2D eigenvalue weighted by Gasteiger charge is 2.10. The van der Waals surface area contributed by atoms with Gasteiger partial charge in [0.2, 0.25) is 5.91 Å². The Hall–Kier alpha value is -2.12. The predicted molar refractivity (Wildman–Crippen MR) is 85.6 cm³/mol. The van der Waals surface area contributed by atoms with Gasteiger partial charge in [-0.15, -0.1) is 0 Å². The van der Waals surface area contributed by atoms with Crippen LogP contribution in [0.5, 0.6) is 0 Å². The van der Waals surface area contributed by atoms with Crippen LogP contribution in [0.15, 0.2) is 53.0 Å². The van der Waals surface area contributed by atoms with Gasteiger partial charge in [0.25, 0.3) is 0 Å². The fourth-order valence-corrected chi connectivity index (χ4v) is 2.27. The first-order valence-electron chi connectivity index (χ1n) is 6.62. The van der Waals surface area contributed by atoms with Gasteiger partial charge in [0, 0.05) is 4.47 Å². The Labute approximate surface area is 132 Å². The summed E-state index contributed by atoms with van der Waals surface area (Å²) >= 11 is 3.39. The van der Waals surface area contributed by atoms with Gasteiger partial charge in [0.15, 0.2) is 0 Å². The summed E-state index contributed by atoms with van der Waals surface area (Å²) in [6, 6.07) is 17.0. The molecule has 21 heavy (non-hydrogen) atoms. The molecule has 1 atom stereocenters. The number of carbonyl (C=O) groups is 1. The molecule has 1 N–H and O–H groups in total. The van der Waals surface area contributed by atoms with E-state index in [2.05, 4.69) is 27.3 Å². The molecule has 0 heterocycles. The van der Waals surface area contributed by atoms with Gasteiger partial charge in [0.1, 0.15) is 0 Å². The molecule has 0 aliphatic heterocycles. The van der Waals surface area contributed by atoms with E-state index in [9.17, 15) is 4.79 Å². The number of nitrogens with one attached hydrogen (secondary N) is 1. The average Bonchev–Trinajstić information content (AvgIpc) is 2.48. The number of carbonyl (C=O) groups excluding carboxylic acids is 1. The molecule has 106 valence electrons. The lowest BCUT2D eigenvalue weighted by Gasteiger charge is -2.14. The second-order valence-corrected chi connectivity index (χ2v) is 5.74. The topological polar surface area (TPSA) is 52.9 Å². The molecule has 0 unspecified atom stereocenters. The third kappa shape index (κ3) is 4.44. The van der Waals surface area contributed by atoms with Crippen LogP contribution in [0.2, 0.25) is 0 Å². The third-order valence-electron chi connectivity index (χ3n) is 3.20. The molecule has 4 heteroatoms. The predicted octanol–water partition coefficient (Wildman–Crippen LogP) is 3.74. The molecule has 2 aromatic carbocycles. The van der Waals surface area contributed by atoms with E-state index < -0.39 is 0 Å². The summed E-state index contributed by atoms with van der Waals surface area (Å²) < 4.78 is 1.02. The number of amides is 1. The van der Waals surface area contributed by atoms with Crippen LogP contribution in [0.3, 0.4) is 0 Å². The average molecular weight is 343 g/mol. The minimum Gasteiger partial charge on any atom is -0.349 e. The van der Waals surface area contributed by atoms with Gasteiger partial charge in [0.05, 0.1) is 24.1 Å². The number of nitrogens with zero attached hydrogens (tertiary/aromatic N) is 1. The molecular formula is C17H15BrN2O. The first-order chi connectivity index (χ1) is 10.1. The van der Waals surface area contributed by atoms with Gasteiger partial charge in [-0.25, -0.2) is 0 Å². The van der Waals surface area contributed by atoms with Crippen molar-refractivity contribution in [1.82, 2.24) is 5.32 Å². The summed E-state index contributed by atoms with van der Waals surface area (Å²) in [4.78, 5) is 12.0. The summed E-state index contributed by atoms with van der Waals surface area (Å²) in [5.41, 5.74) is 2.56. The van der Waals surface area contributed by atoms with E-state index in [-0.39, 0.29) is 11.9 Å². The second-order valence-electron chi connectivity index (χ2n) is 4.83. The zero-order valence-corrected chi connectivity index (χ0v) is 13.2. The monoisotopic (exact) mass is 342 g/mol. The Morgan fingerprint density at radius 3 is 2.38 bits per heavy atom. The van der Waals surface area contributed by atoms with Crippen LogP contribution in [0, 0.1) is 11.3 Å². The molecular weight excluding hydrogens is 328 g/mol. The van der Waals surface area contributed by atoms with Crippen molar-refractivity contribution < 1.29 is 4.79 Å². The van der Waals surface area contributed by atoms with E-state index in [1.807, 2.05) is 43.3 Å². The van der Waals surface area contributed by atoms with Crippen LogP contribution in [0.25, 0.3) is 0 Å². The molecule has 0 fully saturated rings. The largest absolute Gasteiger partial charge is 0.349 e. The number of nitriles is 1. The molecule has 0 radical (unpaired) electrons. The summed E-state index contributed by atoms with van der Waals surface area (Å²) in [7, 11) is 0. The smallest absolute Gasteiger partial charge is 0.224 e. The summed E-state index contributed by atoms with van der Waals surface area (Å²) in [6.45, 7) is 1.96. The van der Waals surface area contributed by atoms with Crippen molar-refractivity contribution in [3.63, 3.8) is 0 Å². The van der Waals surface area contributed by atoms with E-state index in [1.165, 1.54) is 0 Å². The van der Waals surface area contributed by atoms with E-state index in [0.29, 0.717) is 12.0 Å². The molecule has 0 aromatic heterocycles. The van der Waals surface area contributed by atoms with Gasteiger partial charge in [-0.05, 0) is 42.3 Å². The number of halogens is 1. The fraction of sp³-hybridized carbons (Fsp3) is 0.176. The van der Waals surface area contributed by atoms with E-state index in [0.717, 1.165) is 15.6 Å². The molecule has 1 amide bonds. The van der Waals surface area contributed by atoms with Crippen molar-refractivity contribution in [2.45, 2.75) is 19.4 Å². The molecule has 0 bridgehead atoms. The van der Waals surface area contributed by atoms with Crippen LogP contribution in [-0.4, -0.2) is 5.91 Å².